The number of aliphatic hydroxyl groups is 1. The van der Waals surface area contributed by atoms with Crippen molar-refractivity contribution in [2.75, 3.05) is 6.61 Å². The van der Waals surface area contributed by atoms with E-state index in [0.717, 1.165) is 12.8 Å². The fourth-order valence-corrected chi connectivity index (χ4v) is 2.93. The Bertz CT molecular complexity index is 422. The Labute approximate surface area is 113 Å². The second kappa shape index (κ2) is 5.10. The minimum atomic E-state index is -1.77. The molecule has 1 fully saturated rings. The number of fused-ring (bicyclic) bond motifs is 2. The molecule has 0 spiro atoms. The summed E-state index contributed by atoms with van der Waals surface area (Å²) < 4.78 is 5.59. The van der Waals surface area contributed by atoms with Crippen LogP contribution in [0.5, 0.6) is 0 Å². The third-order valence-corrected chi connectivity index (χ3v) is 4.16. The van der Waals surface area contributed by atoms with E-state index in [1.165, 1.54) is 5.57 Å². The number of carboxylic acid groups (broad SMARTS) is 1. The second-order valence-corrected chi connectivity index (χ2v) is 6.02. The molecule has 1 aliphatic heterocycles. The number of carbonyl (C=O) groups is 1. The van der Waals surface area contributed by atoms with Crippen LogP contribution in [0.1, 0.15) is 39.5 Å². The molecule has 1 aliphatic carbocycles. The molecule has 2 N–H and O–H groups in total. The minimum Gasteiger partial charge on any atom is -0.479 e. The van der Waals surface area contributed by atoms with Crippen molar-refractivity contribution < 1.29 is 19.7 Å². The fraction of sp³-hybridized carbons (Fsp3) is 0.667. The summed E-state index contributed by atoms with van der Waals surface area (Å²) in [6, 6.07) is 0. The molecule has 106 valence electrons. The molecule has 0 radical (unpaired) electrons. The third kappa shape index (κ3) is 2.74. The predicted molar refractivity (Wildman–Crippen MR) is 71.8 cm³/mol. The zero-order valence-electron chi connectivity index (χ0n) is 11.6. The Hall–Kier alpha value is -1.13. The lowest BCUT2D eigenvalue weighted by Crippen LogP contribution is -2.48. The summed E-state index contributed by atoms with van der Waals surface area (Å²) in [6.07, 6.45) is 8.03. The molecule has 2 aliphatic rings. The van der Waals surface area contributed by atoms with Gasteiger partial charge in [0.25, 0.3) is 0 Å². The molecule has 1 heterocycles. The van der Waals surface area contributed by atoms with Gasteiger partial charge in [0.2, 0.25) is 0 Å². The smallest absolute Gasteiger partial charge is 0.338 e. The van der Waals surface area contributed by atoms with Crippen molar-refractivity contribution in [3.8, 4) is 0 Å². The molecule has 4 heteroatoms. The zero-order valence-corrected chi connectivity index (χ0v) is 11.6. The van der Waals surface area contributed by atoms with Crippen LogP contribution in [0.2, 0.25) is 0 Å². The average molecular weight is 266 g/mol. The van der Waals surface area contributed by atoms with Gasteiger partial charge in [-0.3, -0.25) is 0 Å². The molecule has 19 heavy (non-hydrogen) atoms. The summed E-state index contributed by atoms with van der Waals surface area (Å²) in [5.41, 5.74) is -0.603. The maximum absolute atomic E-state index is 11.3. The van der Waals surface area contributed by atoms with E-state index in [9.17, 15) is 15.0 Å². The molecule has 1 saturated heterocycles. The molecule has 0 amide bonds. The molecule has 2 rings (SSSR count). The van der Waals surface area contributed by atoms with Crippen LogP contribution in [0.25, 0.3) is 0 Å². The van der Waals surface area contributed by atoms with Gasteiger partial charge in [0.15, 0.2) is 5.60 Å². The third-order valence-electron chi connectivity index (χ3n) is 4.16. The lowest BCUT2D eigenvalue weighted by atomic mass is 9.80. The van der Waals surface area contributed by atoms with Gasteiger partial charge >= 0.3 is 5.97 Å². The molecule has 2 bridgehead atoms. The van der Waals surface area contributed by atoms with Gasteiger partial charge in [-0.15, -0.1) is 0 Å². The molecule has 0 aromatic rings. The van der Waals surface area contributed by atoms with Crippen LogP contribution in [0.3, 0.4) is 0 Å². The van der Waals surface area contributed by atoms with Crippen molar-refractivity contribution >= 4 is 5.97 Å². The van der Waals surface area contributed by atoms with Gasteiger partial charge < -0.3 is 14.9 Å². The highest BCUT2D eigenvalue weighted by molar-refractivity contribution is 5.78. The van der Waals surface area contributed by atoms with Crippen molar-refractivity contribution in [2.24, 2.45) is 5.41 Å². The number of hydrogen-bond donors (Lipinski definition) is 2. The van der Waals surface area contributed by atoms with Crippen LogP contribution in [-0.2, 0) is 9.53 Å². The molecule has 3 atom stereocenters. The summed E-state index contributed by atoms with van der Waals surface area (Å²) in [5, 5.41) is 19.5. The van der Waals surface area contributed by atoms with Crippen molar-refractivity contribution in [1.29, 1.82) is 0 Å². The number of aliphatic carboxylic acids is 1. The van der Waals surface area contributed by atoms with E-state index in [1.54, 1.807) is 6.08 Å². The Kier molecular flexibility index (Phi) is 3.83. The van der Waals surface area contributed by atoms with Gasteiger partial charge in [-0.1, -0.05) is 23.8 Å². The van der Waals surface area contributed by atoms with E-state index in [1.807, 2.05) is 6.08 Å². The van der Waals surface area contributed by atoms with E-state index in [0.29, 0.717) is 13.0 Å². The fourth-order valence-electron chi connectivity index (χ4n) is 2.93. The lowest BCUT2D eigenvalue weighted by Gasteiger charge is -2.27. The molecule has 0 unspecified atom stereocenters. The van der Waals surface area contributed by atoms with Crippen molar-refractivity contribution in [2.45, 2.75) is 51.2 Å². The first kappa shape index (κ1) is 14.3. The molecule has 0 aromatic carbocycles. The molecular weight excluding hydrogens is 244 g/mol. The highest BCUT2D eigenvalue weighted by Crippen LogP contribution is 2.45. The van der Waals surface area contributed by atoms with Crippen LogP contribution in [0.4, 0.5) is 0 Å². The first-order valence-electron chi connectivity index (χ1n) is 6.76. The van der Waals surface area contributed by atoms with Crippen molar-refractivity contribution in [3.05, 3.63) is 23.8 Å². The SMILES string of the molecule is CC(C)=CCC[C@@]12C=CC[C@](O)(C(=O)O)[C@H](C1)OC2. The highest BCUT2D eigenvalue weighted by atomic mass is 16.5. The Morgan fingerprint density at radius 2 is 2.26 bits per heavy atom. The summed E-state index contributed by atoms with van der Waals surface area (Å²) in [4.78, 5) is 11.3. The van der Waals surface area contributed by atoms with Crippen LogP contribution < -0.4 is 0 Å². The van der Waals surface area contributed by atoms with Crippen molar-refractivity contribution in [3.63, 3.8) is 0 Å². The van der Waals surface area contributed by atoms with E-state index in [4.69, 9.17) is 4.74 Å². The second-order valence-electron chi connectivity index (χ2n) is 6.02. The minimum absolute atomic E-state index is 0.115. The van der Waals surface area contributed by atoms with Gasteiger partial charge in [0.1, 0.15) is 0 Å². The Morgan fingerprint density at radius 1 is 1.53 bits per heavy atom. The summed E-state index contributed by atoms with van der Waals surface area (Å²) in [5.74, 6) is -1.19. The summed E-state index contributed by atoms with van der Waals surface area (Å²) in [6.45, 7) is 4.63. The normalized spacial score (nSPS) is 36.9. The van der Waals surface area contributed by atoms with E-state index in [-0.39, 0.29) is 11.8 Å². The van der Waals surface area contributed by atoms with E-state index >= 15 is 0 Å². The quantitative estimate of drug-likeness (QED) is 0.766. The number of carboxylic acids is 1. The van der Waals surface area contributed by atoms with Crippen LogP contribution in [-0.4, -0.2) is 34.5 Å². The number of hydrogen-bond acceptors (Lipinski definition) is 3. The molecule has 0 aromatic heterocycles. The van der Waals surface area contributed by atoms with Gasteiger partial charge in [0.05, 0.1) is 12.7 Å². The van der Waals surface area contributed by atoms with Crippen LogP contribution in [0, 0.1) is 5.41 Å². The van der Waals surface area contributed by atoms with Crippen LogP contribution >= 0.6 is 0 Å². The standard InChI is InChI=1S/C15H22O4/c1-11(2)5-3-6-14-7-4-8-15(18,13(16)17)12(9-14)19-10-14/h4-5,7,12,18H,3,6,8-10H2,1-2H3,(H,16,17)/t12-,14+,15+/m0/s1. The number of rotatable bonds is 4. The topological polar surface area (TPSA) is 66.8 Å². The Morgan fingerprint density at radius 3 is 2.89 bits per heavy atom. The maximum atomic E-state index is 11.3. The zero-order chi connectivity index (χ0) is 14.1. The molecule has 0 saturated carbocycles. The van der Waals surface area contributed by atoms with Crippen LogP contribution in [0.15, 0.2) is 23.8 Å². The monoisotopic (exact) mass is 266 g/mol. The van der Waals surface area contributed by atoms with Gasteiger partial charge in [-0.2, -0.15) is 0 Å². The number of allylic oxidation sites excluding steroid dienone is 2. The van der Waals surface area contributed by atoms with Gasteiger partial charge in [-0.05, 0) is 33.1 Å². The Balaban J connectivity index is 2.12. The van der Waals surface area contributed by atoms with Gasteiger partial charge in [0, 0.05) is 11.8 Å². The largest absolute Gasteiger partial charge is 0.479 e. The summed E-state index contributed by atoms with van der Waals surface area (Å²) in [7, 11) is 0. The highest BCUT2D eigenvalue weighted by Gasteiger charge is 2.53. The summed E-state index contributed by atoms with van der Waals surface area (Å²) >= 11 is 0. The predicted octanol–water partition coefficient (Wildman–Crippen LogP) is 2.28. The average Bonchev–Trinajstić information content (AvgIpc) is 2.66. The van der Waals surface area contributed by atoms with E-state index < -0.39 is 17.7 Å². The van der Waals surface area contributed by atoms with E-state index in [2.05, 4.69) is 19.9 Å². The molecular formula is C15H22O4. The van der Waals surface area contributed by atoms with Gasteiger partial charge in [-0.25, -0.2) is 4.79 Å². The first-order valence-corrected chi connectivity index (χ1v) is 6.76. The first-order chi connectivity index (χ1) is 8.88. The maximum Gasteiger partial charge on any atom is 0.338 e. The number of ether oxygens (including phenoxy) is 1. The van der Waals surface area contributed by atoms with Crippen molar-refractivity contribution in [1.82, 2.24) is 0 Å². The lowest BCUT2D eigenvalue weighted by molar-refractivity contribution is -0.172. The molecule has 4 nitrogen and oxygen atoms in total.